The molecule has 9 nitrogen and oxygen atoms in total. The summed E-state index contributed by atoms with van der Waals surface area (Å²) < 4.78 is 11.0. The molecule has 0 atom stereocenters. The summed E-state index contributed by atoms with van der Waals surface area (Å²) in [6, 6.07) is 1.90. The third kappa shape index (κ3) is 2.70. The van der Waals surface area contributed by atoms with Gasteiger partial charge in [0, 0.05) is 48.8 Å². The van der Waals surface area contributed by atoms with E-state index in [1.807, 2.05) is 13.0 Å². The molecule has 2 aromatic heterocycles. The molecule has 1 aromatic carbocycles. The van der Waals surface area contributed by atoms with Gasteiger partial charge in [-0.15, -0.1) is 0 Å². The van der Waals surface area contributed by atoms with Crippen molar-refractivity contribution < 1.29 is 14.3 Å². The summed E-state index contributed by atoms with van der Waals surface area (Å²) in [5, 5.41) is 10.7. The third-order valence-corrected chi connectivity index (χ3v) is 5.16. The van der Waals surface area contributed by atoms with E-state index >= 15 is 0 Å². The van der Waals surface area contributed by atoms with Crippen molar-refractivity contribution in [1.29, 1.82) is 0 Å². The van der Waals surface area contributed by atoms with Gasteiger partial charge in [0.1, 0.15) is 12.1 Å². The van der Waals surface area contributed by atoms with E-state index in [1.54, 1.807) is 27.6 Å². The monoisotopic (exact) mass is 382 g/mol. The second-order valence-corrected chi connectivity index (χ2v) is 6.61. The standard InChI is InChI=1S/C19H22N6O3/c1-10-15-11(7-14(27-3)17(10)28-4)18(22-9-21-15)25-6-5-13-12(8-25)16(24-23-13)19(26)20-2/h7,9H,5-6,8H2,1-4H3,(H,20,26)(H,23,24). The molecule has 0 spiro atoms. The summed E-state index contributed by atoms with van der Waals surface area (Å²) in [5.41, 5.74) is 4.02. The molecule has 1 aliphatic heterocycles. The Kier molecular flexibility index (Phi) is 4.50. The number of amides is 1. The van der Waals surface area contributed by atoms with Crippen LogP contribution < -0.4 is 19.7 Å². The van der Waals surface area contributed by atoms with Gasteiger partial charge >= 0.3 is 0 Å². The van der Waals surface area contributed by atoms with Crippen LogP contribution in [0.1, 0.15) is 27.3 Å². The first-order valence-electron chi connectivity index (χ1n) is 8.98. The Morgan fingerprint density at radius 2 is 2.11 bits per heavy atom. The lowest BCUT2D eigenvalue weighted by atomic mass is 10.0. The number of carbonyl (C=O) groups excluding carboxylic acids is 1. The molecule has 0 bridgehead atoms. The summed E-state index contributed by atoms with van der Waals surface area (Å²) in [6.07, 6.45) is 2.30. The highest BCUT2D eigenvalue weighted by molar-refractivity contribution is 5.96. The number of ether oxygens (including phenoxy) is 2. The van der Waals surface area contributed by atoms with Crippen molar-refractivity contribution in [3.8, 4) is 11.5 Å². The van der Waals surface area contributed by atoms with Crippen LogP contribution in [0.5, 0.6) is 11.5 Å². The third-order valence-electron chi connectivity index (χ3n) is 5.16. The van der Waals surface area contributed by atoms with Crippen molar-refractivity contribution >= 4 is 22.6 Å². The predicted octanol–water partition coefficient (Wildman–Crippen LogP) is 1.60. The molecule has 0 saturated heterocycles. The van der Waals surface area contributed by atoms with Crippen molar-refractivity contribution in [2.75, 3.05) is 32.7 Å². The lowest BCUT2D eigenvalue weighted by Gasteiger charge is -2.29. The normalized spacial score (nSPS) is 13.4. The number of aromatic amines is 1. The Bertz CT molecular complexity index is 1060. The van der Waals surface area contributed by atoms with Crippen LogP contribution in [0.2, 0.25) is 0 Å². The average Bonchev–Trinajstić information content (AvgIpc) is 3.15. The van der Waals surface area contributed by atoms with Gasteiger partial charge in [0.25, 0.3) is 5.91 Å². The van der Waals surface area contributed by atoms with Gasteiger partial charge in [0.15, 0.2) is 17.2 Å². The van der Waals surface area contributed by atoms with Crippen molar-refractivity contribution in [1.82, 2.24) is 25.5 Å². The van der Waals surface area contributed by atoms with Gasteiger partial charge < -0.3 is 19.7 Å². The van der Waals surface area contributed by atoms with E-state index in [-0.39, 0.29) is 5.91 Å². The molecule has 3 heterocycles. The van der Waals surface area contributed by atoms with Gasteiger partial charge in [0.05, 0.1) is 19.7 Å². The van der Waals surface area contributed by atoms with Crippen molar-refractivity contribution in [2.24, 2.45) is 0 Å². The highest BCUT2D eigenvalue weighted by atomic mass is 16.5. The van der Waals surface area contributed by atoms with Crippen LogP contribution in [0.4, 0.5) is 5.82 Å². The van der Waals surface area contributed by atoms with E-state index < -0.39 is 0 Å². The lowest BCUT2D eigenvalue weighted by Crippen LogP contribution is -2.32. The van der Waals surface area contributed by atoms with Crippen LogP contribution in [0.3, 0.4) is 0 Å². The number of methoxy groups -OCH3 is 2. The fraction of sp³-hybridized carbons (Fsp3) is 0.368. The Hall–Kier alpha value is -3.36. The quantitative estimate of drug-likeness (QED) is 0.706. The summed E-state index contributed by atoms with van der Waals surface area (Å²) >= 11 is 0. The molecular formula is C19H22N6O3. The summed E-state index contributed by atoms with van der Waals surface area (Å²) in [7, 11) is 4.83. The number of nitrogens with zero attached hydrogens (tertiary/aromatic N) is 4. The highest BCUT2D eigenvalue weighted by Crippen LogP contribution is 2.39. The largest absolute Gasteiger partial charge is 0.493 e. The highest BCUT2D eigenvalue weighted by Gasteiger charge is 2.27. The molecule has 146 valence electrons. The van der Waals surface area contributed by atoms with Crippen molar-refractivity contribution in [3.63, 3.8) is 0 Å². The number of carbonyl (C=O) groups is 1. The Labute approximate surface area is 162 Å². The number of H-pyrrole nitrogens is 1. The predicted molar refractivity (Wildman–Crippen MR) is 104 cm³/mol. The molecule has 1 amide bonds. The topological polar surface area (TPSA) is 105 Å². The maximum atomic E-state index is 12.1. The number of fused-ring (bicyclic) bond motifs is 2. The molecule has 4 rings (SSSR count). The van der Waals surface area contributed by atoms with E-state index in [4.69, 9.17) is 9.47 Å². The number of nitrogens with one attached hydrogen (secondary N) is 2. The van der Waals surface area contributed by atoms with Gasteiger partial charge in [-0.1, -0.05) is 0 Å². The number of hydrogen-bond acceptors (Lipinski definition) is 7. The van der Waals surface area contributed by atoms with E-state index in [2.05, 4.69) is 30.4 Å². The van der Waals surface area contributed by atoms with E-state index in [1.165, 1.54) is 0 Å². The number of anilines is 1. The van der Waals surface area contributed by atoms with E-state index in [0.717, 1.165) is 46.5 Å². The van der Waals surface area contributed by atoms with Crippen molar-refractivity contribution in [2.45, 2.75) is 19.9 Å². The van der Waals surface area contributed by atoms with Gasteiger partial charge in [-0.3, -0.25) is 9.89 Å². The molecule has 0 fully saturated rings. The molecule has 2 N–H and O–H groups in total. The van der Waals surface area contributed by atoms with Crippen LogP contribution in [-0.2, 0) is 13.0 Å². The fourth-order valence-electron chi connectivity index (χ4n) is 3.75. The number of benzene rings is 1. The second kappa shape index (κ2) is 6.99. The maximum absolute atomic E-state index is 12.1. The number of aryl methyl sites for hydroxylation is 1. The van der Waals surface area contributed by atoms with E-state index in [0.29, 0.717) is 23.7 Å². The van der Waals surface area contributed by atoms with Crippen molar-refractivity contribution in [3.05, 3.63) is 34.9 Å². The summed E-state index contributed by atoms with van der Waals surface area (Å²) in [4.78, 5) is 23.3. The molecule has 0 radical (unpaired) electrons. The van der Waals surface area contributed by atoms with Crippen LogP contribution in [0.25, 0.3) is 10.9 Å². The number of hydrogen-bond donors (Lipinski definition) is 2. The molecule has 1 aliphatic rings. The van der Waals surface area contributed by atoms with Crippen LogP contribution >= 0.6 is 0 Å². The zero-order valence-corrected chi connectivity index (χ0v) is 16.3. The summed E-state index contributed by atoms with van der Waals surface area (Å²) in [5.74, 6) is 1.89. The molecule has 0 unspecified atom stereocenters. The van der Waals surface area contributed by atoms with Gasteiger partial charge in [-0.2, -0.15) is 5.10 Å². The molecular weight excluding hydrogens is 360 g/mol. The Morgan fingerprint density at radius 3 is 2.82 bits per heavy atom. The zero-order valence-electron chi connectivity index (χ0n) is 16.3. The SMILES string of the molecule is CNC(=O)c1n[nH]c2c1CN(c1ncnc3c(C)c(OC)c(OC)cc13)CC2. The van der Waals surface area contributed by atoms with E-state index in [9.17, 15) is 4.79 Å². The lowest BCUT2D eigenvalue weighted by molar-refractivity contribution is 0.0957. The first-order valence-corrected chi connectivity index (χ1v) is 8.98. The first kappa shape index (κ1) is 18.0. The maximum Gasteiger partial charge on any atom is 0.271 e. The van der Waals surface area contributed by atoms with Crippen LogP contribution in [0, 0.1) is 6.92 Å². The minimum atomic E-state index is -0.200. The number of aromatic nitrogens is 4. The number of rotatable bonds is 4. The van der Waals surface area contributed by atoms with Gasteiger partial charge in [0.2, 0.25) is 0 Å². The first-order chi connectivity index (χ1) is 13.6. The second-order valence-electron chi connectivity index (χ2n) is 6.61. The minimum Gasteiger partial charge on any atom is -0.493 e. The molecule has 0 aliphatic carbocycles. The molecule has 28 heavy (non-hydrogen) atoms. The molecule has 0 saturated carbocycles. The fourth-order valence-corrected chi connectivity index (χ4v) is 3.75. The smallest absolute Gasteiger partial charge is 0.271 e. The Balaban J connectivity index is 1.81. The molecule has 3 aromatic rings. The Morgan fingerprint density at radius 1 is 1.29 bits per heavy atom. The zero-order chi connectivity index (χ0) is 19.8. The minimum absolute atomic E-state index is 0.200. The molecule has 9 heteroatoms. The average molecular weight is 382 g/mol. The van der Waals surface area contributed by atoms with Gasteiger partial charge in [-0.25, -0.2) is 9.97 Å². The van der Waals surface area contributed by atoms with Crippen LogP contribution in [-0.4, -0.2) is 53.9 Å². The van der Waals surface area contributed by atoms with Gasteiger partial charge in [-0.05, 0) is 13.0 Å². The summed E-state index contributed by atoms with van der Waals surface area (Å²) in [6.45, 7) is 3.24. The van der Waals surface area contributed by atoms with Crippen LogP contribution in [0.15, 0.2) is 12.4 Å².